The van der Waals surface area contributed by atoms with Crippen molar-refractivity contribution in [2.45, 2.75) is 96.8 Å². The van der Waals surface area contributed by atoms with Crippen LogP contribution in [0.5, 0.6) is 0 Å². The van der Waals surface area contributed by atoms with Crippen LogP contribution in [0.1, 0.15) is 96.8 Å². The van der Waals surface area contributed by atoms with Gasteiger partial charge in [-0.2, -0.15) is 0 Å². The molecule has 0 radical (unpaired) electrons. The maximum Gasteiger partial charge on any atom is 0.191 e. The van der Waals surface area contributed by atoms with Gasteiger partial charge < -0.3 is 10.6 Å². The van der Waals surface area contributed by atoms with E-state index in [1.165, 1.54) is 89.9 Å². The Morgan fingerprint density at radius 1 is 0.833 bits per heavy atom. The lowest BCUT2D eigenvalue weighted by Gasteiger charge is -2.06. The average Bonchev–Trinajstić information content (AvgIpc) is 3.11. The molecule has 24 heavy (non-hydrogen) atoms. The van der Waals surface area contributed by atoms with E-state index in [1.807, 2.05) is 0 Å². The van der Waals surface area contributed by atoms with Gasteiger partial charge in [0.25, 0.3) is 0 Å². The fourth-order valence-electron chi connectivity index (χ4n) is 3.10. The molecule has 3 heteroatoms. The van der Waals surface area contributed by atoms with E-state index < -0.39 is 0 Å². The van der Waals surface area contributed by atoms with Crippen molar-refractivity contribution < 1.29 is 0 Å². The maximum atomic E-state index is 4.33. The van der Waals surface area contributed by atoms with Gasteiger partial charge in [-0.05, 0) is 32.1 Å². The molecule has 2 N–H and O–H groups in total. The minimum absolute atomic E-state index is 0.926. The summed E-state index contributed by atoms with van der Waals surface area (Å²) in [5, 5.41) is 6.60. The molecule has 1 aliphatic rings. The van der Waals surface area contributed by atoms with E-state index in [1.54, 1.807) is 0 Å². The Kier molecular flexibility index (Phi) is 14.8. The molecule has 0 spiro atoms. The summed E-state index contributed by atoms with van der Waals surface area (Å²) in [6.07, 6.45) is 24.0. The van der Waals surface area contributed by atoms with Crippen LogP contribution in [0.4, 0.5) is 0 Å². The van der Waals surface area contributed by atoms with E-state index in [0.29, 0.717) is 0 Å². The molecule has 0 bridgehead atoms. The molecule has 0 aromatic heterocycles. The predicted molar refractivity (Wildman–Crippen MR) is 108 cm³/mol. The molecule has 0 aromatic rings. The van der Waals surface area contributed by atoms with Crippen LogP contribution in [0.3, 0.4) is 0 Å². The molecule has 0 aromatic carbocycles. The summed E-state index contributed by atoms with van der Waals surface area (Å²) in [5.74, 6) is 1.00. The van der Waals surface area contributed by atoms with Crippen molar-refractivity contribution in [1.29, 1.82) is 0 Å². The number of hydrogen-bond acceptors (Lipinski definition) is 3. The van der Waals surface area contributed by atoms with Gasteiger partial charge in [0.1, 0.15) is 0 Å². The van der Waals surface area contributed by atoms with Gasteiger partial charge in [0.2, 0.25) is 0 Å². The summed E-state index contributed by atoms with van der Waals surface area (Å²) in [5.41, 5.74) is 0. The third-order valence-electron chi connectivity index (χ3n) is 4.66. The van der Waals surface area contributed by atoms with E-state index in [9.17, 15) is 0 Å². The van der Waals surface area contributed by atoms with Crippen LogP contribution < -0.4 is 10.6 Å². The van der Waals surface area contributed by atoms with E-state index >= 15 is 0 Å². The highest BCUT2D eigenvalue weighted by atomic mass is 15.2. The number of hydrogen-bond donors (Lipinski definition) is 2. The molecule has 0 fully saturated rings. The zero-order chi connectivity index (χ0) is 17.1. The molecule has 0 amide bonds. The number of aliphatic imine (C=N–C) groups is 1. The second-order valence-corrected chi connectivity index (χ2v) is 7.02. The average molecular weight is 336 g/mol. The van der Waals surface area contributed by atoms with Crippen LogP contribution >= 0.6 is 0 Å². The molecular formula is C21H41N3. The summed E-state index contributed by atoms with van der Waals surface area (Å²) < 4.78 is 0. The fraction of sp³-hybridized carbons (Fsp3) is 0.857. The summed E-state index contributed by atoms with van der Waals surface area (Å²) in [7, 11) is 0. The van der Waals surface area contributed by atoms with Crippen molar-refractivity contribution in [3.05, 3.63) is 12.2 Å². The topological polar surface area (TPSA) is 36.4 Å². The minimum atomic E-state index is 0.926. The molecule has 1 heterocycles. The van der Waals surface area contributed by atoms with Crippen molar-refractivity contribution in [1.82, 2.24) is 10.6 Å². The number of nitrogens with zero attached hydrogens (tertiary/aromatic N) is 1. The van der Waals surface area contributed by atoms with Crippen LogP contribution in [0.2, 0.25) is 0 Å². The van der Waals surface area contributed by atoms with Gasteiger partial charge in [0.15, 0.2) is 5.96 Å². The first-order valence-electron chi connectivity index (χ1n) is 10.6. The van der Waals surface area contributed by atoms with Gasteiger partial charge in [-0.1, -0.05) is 76.9 Å². The summed E-state index contributed by atoms with van der Waals surface area (Å²) in [4.78, 5) is 4.33. The molecule has 0 saturated carbocycles. The summed E-state index contributed by atoms with van der Waals surface area (Å²) in [6, 6.07) is 0. The Bertz CT molecular complexity index is 323. The lowest BCUT2D eigenvalue weighted by atomic mass is 10.1. The van der Waals surface area contributed by atoms with Gasteiger partial charge >= 0.3 is 0 Å². The Morgan fingerprint density at radius 3 is 2.00 bits per heavy atom. The quantitative estimate of drug-likeness (QED) is 0.286. The third-order valence-corrected chi connectivity index (χ3v) is 4.66. The van der Waals surface area contributed by atoms with Gasteiger partial charge in [-0.15, -0.1) is 0 Å². The van der Waals surface area contributed by atoms with Gasteiger partial charge in [-0.3, -0.25) is 4.99 Å². The monoisotopic (exact) mass is 335 g/mol. The lowest BCUT2D eigenvalue weighted by Crippen LogP contribution is -2.34. The molecule has 0 unspecified atom stereocenters. The van der Waals surface area contributed by atoms with Crippen LogP contribution in [0.15, 0.2) is 17.1 Å². The van der Waals surface area contributed by atoms with Crippen molar-refractivity contribution in [2.75, 3.05) is 19.6 Å². The Labute approximate surface area is 150 Å². The third kappa shape index (κ3) is 13.4. The highest BCUT2D eigenvalue weighted by Crippen LogP contribution is 2.09. The van der Waals surface area contributed by atoms with Crippen molar-refractivity contribution in [3.63, 3.8) is 0 Å². The second kappa shape index (κ2) is 16.9. The largest absolute Gasteiger partial charge is 0.356 e. The van der Waals surface area contributed by atoms with Crippen molar-refractivity contribution in [2.24, 2.45) is 4.99 Å². The molecule has 0 aliphatic carbocycles. The number of rotatable bonds is 16. The number of allylic oxidation sites excluding steroid dienone is 2. The van der Waals surface area contributed by atoms with E-state index in [-0.39, 0.29) is 0 Å². The van der Waals surface area contributed by atoms with Gasteiger partial charge in [0, 0.05) is 13.1 Å². The molecule has 0 saturated heterocycles. The zero-order valence-corrected chi connectivity index (χ0v) is 16.1. The van der Waals surface area contributed by atoms with Crippen molar-refractivity contribution >= 4 is 5.96 Å². The maximum absolute atomic E-state index is 4.33. The minimum Gasteiger partial charge on any atom is -0.356 e. The molecular weight excluding hydrogens is 294 g/mol. The van der Waals surface area contributed by atoms with E-state index in [4.69, 9.17) is 0 Å². The highest BCUT2D eigenvalue weighted by Gasteiger charge is 2.02. The highest BCUT2D eigenvalue weighted by molar-refractivity contribution is 5.81. The first-order chi connectivity index (χ1) is 11.9. The molecule has 1 aliphatic heterocycles. The zero-order valence-electron chi connectivity index (χ0n) is 16.1. The van der Waals surface area contributed by atoms with Gasteiger partial charge in [-0.25, -0.2) is 0 Å². The molecule has 0 atom stereocenters. The summed E-state index contributed by atoms with van der Waals surface area (Å²) >= 11 is 0. The first kappa shape index (κ1) is 21.1. The predicted octanol–water partition coefficient (Wildman–Crippen LogP) is 5.57. The van der Waals surface area contributed by atoms with E-state index in [2.05, 4.69) is 34.7 Å². The van der Waals surface area contributed by atoms with Crippen LogP contribution in [0, 0.1) is 0 Å². The van der Waals surface area contributed by atoms with Gasteiger partial charge in [0.05, 0.1) is 6.54 Å². The van der Waals surface area contributed by atoms with Crippen LogP contribution in [-0.2, 0) is 0 Å². The second-order valence-electron chi connectivity index (χ2n) is 7.02. The Morgan fingerprint density at radius 2 is 1.42 bits per heavy atom. The Hall–Kier alpha value is -0.990. The SMILES string of the molecule is CCCCCCCC/C=C\CCCCCCCCNC1=NCCN1. The fourth-order valence-corrected chi connectivity index (χ4v) is 3.10. The Balaban J connectivity index is 1.70. The molecule has 140 valence electrons. The van der Waals surface area contributed by atoms with Crippen molar-refractivity contribution in [3.8, 4) is 0 Å². The van der Waals surface area contributed by atoms with Crippen LogP contribution in [-0.4, -0.2) is 25.6 Å². The number of guanidine groups is 1. The first-order valence-corrected chi connectivity index (χ1v) is 10.6. The standard InChI is InChI=1S/C21H41N3/c1-2-3-4-5-6-7-8-9-10-11-12-13-14-15-16-17-18-22-21-23-19-20-24-21/h9-10H,2-8,11-20H2,1H3,(H2,22,23,24)/b10-9-. The lowest BCUT2D eigenvalue weighted by molar-refractivity contribution is 0.590. The molecule has 1 rings (SSSR count). The van der Waals surface area contributed by atoms with E-state index in [0.717, 1.165) is 25.6 Å². The summed E-state index contributed by atoms with van der Waals surface area (Å²) in [6.45, 7) is 5.27. The normalized spacial score (nSPS) is 14.1. The smallest absolute Gasteiger partial charge is 0.191 e. The number of unbranched alkanes of at least 4 members (excludes halogenated alkanes) is 12. The van der Waals surface area contributed by atoms with Crippen LogP contribution in [0.25, 0.3) is 0 Å². The molecule has 3 nitrogen and oxygen atoms in total. The number of nitrogens with one attached hydrogen (secondary N) is 2.